The minimum Gasteiger partial charge on any atom is -0.307 e. The Bertz CT molecular complexity index is 1050. The second kappa shape index (κ2) is 7.63. The van der Waals surface area contributed by atoms with Gasteiger partial charge in [-0.25, -0.2) is 27.9 Å². The molecule has 1 aromatic heterocycles. The maximum atomic E-state index is 12.7. The molecule has 0 radical (unpaired) electrons. The maximum absolute atomic E-state index is 12.7. The average Bonchev–Trinajstić information content (AvgIpc) is 3.33. The number of aryl methyl sites for hydroxylation is 2. The minimum atomic E-state index is -3.73. The molecule has 9 heteroatoms. The first kappa shape index (κ1) is 19.4. The number of rotatable bonds is 5. The summed E-state index contributed by atoms with van der Waals surface area (Å²) in [4.78, 5) is 22.6. The van der Waals surface area contributed by atoms with Crippen LogP contribution in [-0.2, 0) is 42.3 Å². The van der Waals surface area contributed by atoms with Crippen LogP contribution in [0, 0.1) is 0 Å². The van der Waals surface area contributed by atoms with Crippen molar-refractivity contribution in [1.29, 1.82) is 0 Å². The van der Waals surface area contributed by atoms with Crippen molar-refractivity contribution in [2.24, 2.45) is 0 Å². The number of hydrogen-bond donors (Lipinski definition) is 2. The lowest BCUT2D eigenvalue weighted by Crippen LogP contribution is -2.58. The third-order valence-corrected chi connectivity index (χ3v) is 7.97. The van der Waals surface area contributed by atoms with E-state index < -0.39 is 21.3 Å². The number of nitrogens with one attached hydrogen (secondary N) is 2. The molecule has 0 saturated carbocycles. The maximum Gasteiger partial charge on any atom is 0.332 e. The number of carbonyl (C=O) groups excluding carboxylic acids is 1. The fourth-order valence-electron chi connectivity index (χ4n) is 4.84. The molecule has 2 aliphatic carbocycles. The Morgan fingerprint density at radius 3 is 2.30 bits per heavy atom. The van der Waals surface area contributed by atoms with Gasteiger partial charge in [-0.05, 0) is 60.8 Å². The Hall–Kier alpha value is -2.52. The monoisotopic (exact) mass is 427 g/mol. The van der Waals surface area contributed by atoms with Crippen LogP contribution in [0.2, 0.25) is 0 Å². The first-order chi connectivity index (χ1) is 14.5. The normalized spacial score (nSPS) is 18.5. The van der Waals surface area contributed by atoms with Crippen molar-refractivity contribution in [3.63, 3.8) is 0 Å². The van der Waals surface area contributed by atoms with Gasteiger partial charge in [0, 0.05) is 43.3 Å². The molecule has 2 N–H and O–H groups in total. The first-order valence-corrected chi connectivity index (χ1v) is 12.0. The lowest BCUT2D eigenvalue weighted by Gasteiger charge is -2.38. The highest BCUT2D eigenvalue weighted by molar-refractivity contribution is 7.90. The molecule has 0 unspecified atom stereocenters. The zero-order valence-electron chi connectivity index (χ0n) is 16.7. The van der Waals surface area contributed by atoms with Crippen LogP contribution in [0.25, 0.3) is 0 Å². The molecule has 3 aliphatic rings. The summed E-state index contributed by atoms with van der Waals surface area (Å²) in [6, 6.07) is 1.63. The highest BCUT2D eigenvalue weighted by atomic mass is 32.2. The number of carbonyl (C=O) groups is 1. The number of nitrogens with zero attached hydrogens (tertiary/aromatic N) is 3. The van der Waals surface area contributed by atoms with Crippen LogP contribution in [0.5, 0.6) is 0 Å². The molecule has 8 nitrogen and oxygen atoms in total. The van der Waals surface area contributed by atoms with Crippen molar-refractivity contribution >= 4 is 21.7 Å². The fourth-order valence-corrected chi connectivity index (χ4v) is 6.13. The summed E-state index contributed by atoms with van der Waals surface area (Å²) in [5.74, 6) is 0. The second-order valence-electron chi connectivity index (χ2n) is 8.40. The Morgan fingerprint density at radius 1 is 1.03 bits per heavy atom. The lowest BCUT2D eigenvalue weighted by molar-refractivity contribution is 0.175. The smallest absolute Gasteiger partial charge is 0.307 e. The van der Waals surface area contributed by atoms with Crippen LogP contribution in [0.4, 0.5) is 10.5 Å². The van der Waals surface area contributed by atoms with Gasteiger partial charge in [0.15, 0.2) is 0 Å². The van der Waals surface area contributed by atoms with Crippen molar-refractivity contribution in [2.45, 2.75) is 50.3 Å². The number of aromatic nitrogens is 2. The number of fused-ring (bicyclic) bond motifs is 2. The van der Waals surface area contributed by atoms with E-state index in [0.29, 0.717) is 19.6 Å². The van der Waals surface area contributed by atoms with E-state index in [4.69, 9.17) is 0 Å². The molecule has 1 saturated heterocycles. The summed E-state index contributed by atoms with van der Waals surface area (Å²) in [5.41, 5.74) is 6.75. The van der Waals surface area contributed by atoms with Crippen LogP contribution >= 0.6 is 0 Å². The third kappa shape index (κ3) is 3.67. The van der Waals surface area contributed by atoms with Gasteiger partial charge in [-0.2, -0.15) is 0 Å². The molecule has 1 aromatic carbocycles. The second-order valence-corrected chi connectivity index (χ2v) is 10.4. The number of likely N-dealkylation sites (tertiary alicyclic amines) is 1. The van der Waals surface area contributed by atoms with Crippen LogP contribution in [-0.4, -0.2) is 47.7 Å². The van der Waals surface area contributed by atoms with E-state index in [0.717, 1.165) is 49.8 Å². The molecule has 5 rings (SSSR count). The van der Waals surface area contributed by atoms with Gasteiger partial charge in [-0.3, -0.25) is 4.90 Å². The summed E-state index contributed by atoms with van der Waals surface area (Å²) in [7, 11) is -3.73. The zero-order chi connectivity index (χ0) is 20.7. The van der Waals surface area contributed by atoms with Crippen LogP contribution < -0.4 is 10.0 Å². The van der Waals surface area contributed by atoms with E-state index >= 15 is 0 Å². The molecular weight excluding hydrogens is 402 g/mol. The van der Waals surface area contributed by atoms with Crippen molar-refractivity contribution < 1.29 is 13.2 Å². The van der Waals surface area contributed by atoms with E-state index in [9.17, 15) is 13.2 Å². The number of urea groups is 1. The molecule has 1 fully saturated rings. The Kier molecular flexibility index (Phi) is 4.94. The minimum absolute atomic E-state index is 0.383. The fraction of sp³-hybridized carbons (Fsp3) is 0.476. The Balaban J connectivity index is 1.22. The van der Waals surface area contributed by atoms with Gasteiger partial charge in [0.2, 0.25) is 10.0 Å². The third-order valence-electron chi connectivity index (χ3n) is 6.33. The molecular formula is C21H25N5O3S. The predicted molar refractivity (Wildman–Crippen MR) is 113 cm³/mol. The van der Waals surface area contributed by atoms with E-state index in [1.54, 1.807) is 12.4 Å². The number of benzene rings is 1. The number of amides is 2. The standard InChI is InChI=1S/C21H25N5O3S/c27-21(24-20-18-5-1-3-15(18)7-16-4-2-6-19(16)20)25-30(28,29)17-11-26(12-17)10-14-8-22-13-23-9-14/h7-9,13,17H,1-6,10-12H2,(H2,24,25,27). The first-order valence-electron chi connectivity index (χ1n) is 10.4. The van der Waals surface area contributed by atoms with Gasteiger partial charge in [-0.15, -0.1) is 0 Å². The van der Waals surface area contributed by atoms with Gasteiger partial charge < -0.3 is 5.32 Å². The van der Waals surface area contributed by atoms with E-state index in [1.807, 2.05) is 4.90 Å². The van der Waals surface area contributed by atoms with E-state index in [1.165, 1.54) is 28.6 Å². The van der Waals surface area contributed by atoms with Crippen LogP contribution in [0.1, 0.15) is 40.7 Å². The molecule has 2 aromatic rings. The number of hydrogen-bond acceptors (Lipinski definition) is 6. The van der Waals surface area contributed by atoms with Gasteiger partial charge in [-0.1, -0.05) is 6.07 Å². The Labute approximate surface area is 176 Å². The van der Waals surface area contributed by atoms with Gasteiger partial charge in [0.25, 0.3) is 0 Å². The molecule has 158 valence electrons. The van der Waals surface area contributed by atoms with Crippen molar-refractivity contribution in [2.75, 3.05) is 18.4 Å². The summed E-state index contributed by atoms with van der Waals surface area (Å²) in [5, 5.41) is 2.30. The molecule has 2 amide bonds. The van der Waals surface area contributed by atoms with Gasteiger partial charge in [0.05, 0.1) is 0 Å². The quantitative estimate of drug-likeness (QED) is 0.754. The molecule has 30 heavy (non-hydrogen) atoms. The van der Waals surface area contributed by atoms with Crippen molar-refractivity contribution in [3.8, 4) is 0 Å². The zero-order valence-corrected chi connectivity index (χ0v) is 17.5. The highest BCUT2D eigenvalue weighted by Crippen LogP contribution is 2.38. The van der Waals surface area contributed by atoms with Crippen molar-refractivity contribution in [1.82, 2.24) is 19.6 Å². The van der Waals surface area contributed by atoms with Crippen LogP contribution in [0.3, 0.4) is 0 Å². The summed E-state index contributed by atoms with van der Waals surface area (Å²) < 4.78 is 27.6. The largest absolute Gasteiger partial charge is 0.332 e. The van der Waals surface area contributed by atoms with Gasteiger partial charge in [0.1, 0.15) is 11.6 Å². The number of anilines is 1. The summed E-state index contributed by atoms with van der Waals surface area (Å²) >= 11 is 0. The van der Waals surface area contributed by atoms with Crippen LogP contribution in [0.15, 0.2) is 24.8 Å². The molecule has 1 aliphatic heterocycles. The highest BCUT2D eigenvalue weighted by Gasteiger charge is 2.38. The van der Waals surface area contributed by atoms with Gasteiger partial charge >= 0.3 is 6.03 Å². The molecule has 0 spiro atoms. The molecule has 2 heterocycles. The van der Waals surface area contributed by atoms with E-state index in [-0.39, 0.29) is 0 Å². The summed E-state index contributed by atoms with van der Waals surface area (Å²) in [6.45, 7) is 1.36. The summed E-state index contributed by atoms with van der Waals surface area (Å²) in [6.07, 6.45) is 11.0. The predicted octanol–water partition coefficient (Wildman–Crippen LogP) is 1.79. The van der Waals surface area contributed by atoms with Crippen molar-refractivity contribution in [3.05, 3.63) is 52.6 Å². The SMILES string of the molecule is O=C(Nc1c2c(cc3c1CCC3)CCC2)NS(=O)(=O)C1CN(Cc2cncnc2)C1. The molecule has 0 atom stereocenters. The topological polar surface area (TPSA) is 104 Å². The lowest BCUT2D eigenvalue weighted by atomic mass is 9.99. The number of sulfonamides is 1. The van der Waals surface area contributed by atoms with E-state index in [2.05, 4.69) is 26.1 Å². The molecule has 0 bridgehead atoms. The Morgan fingerprint density at radius 2 is 1.67 bits per heavy atom. The average molecular weight is 428 g/mol.